The van der Waals surface area contributed by atoms with Crippen LogP contribution in [0.2, 0.25) is 0 Å². The minimum atomic E-state index is -0.516. The van der Waals surface area contributed by atoms with Crippen LogP contribution in [0.5, 0.6) is 0 Å². The first-order valence-corrected chi connectivity index (χ1v) is 4.22. The fraction of sp³-hybridized carbons (Fsp3) is 0.778. The van der Waals surface area contributed by atoms with Crippen LogP contribution in [0.15, 0.2) is 0 Å². The molecule has 12 heavy (non-hydrogen) atoms. The van der Waals surface area contributed by atoms with E-state index in [-0.39, 0.29) is 11.8 Å². The highest BCUT2D eigenvalue weighted by molar-refractivity contribution is 5.89. The van der Waals surface area contributed by atoms with E-state index >= 15 is 0 Å². The lowest BCUT2D eigenvalue weighted by Gasteiger charge is -2.28. The van der Waals surface area contributed by atoms with Crippen LogP contribution >= 0.6 is 0 Å². The molecule has 0 aromatic rings. The third kappa shape index (κ3) is 2.29. The molecule has 0 aromatic heterocycles. The first kappa shape index (κ1) is 9.68. The lowest BCUT2D eigenvalue weighted by Crippen LogP contribution is -2.50. The Balaban J connectivity index is 2.51. The Morgan fingerprint density at radius 2 is 2.33 bits per heavy atom. The molecular formula is C9H16NO2. The summed E-state index contributed by atoms with van der Waals surface area (Å²) in [4.78, 5) is 11.6. The summed E-state index contributed by atoms with van der Waals surface area (Å²) in [6.45, 7) is 9.39. The van der Waals surface area contributed by atoms with Gasteiger partial charge in [-0.3, -0.25) is 4.79 Å². The maximum atomic E-state index is 11.6. The van der Waals surface area contributed by atoms with Crippen molar-refractivity contribution in [1.29, 1.82) is 0 Å². The number of carbonyl (C=O) groups is 1. The molecule has 0 amide bonds. The Morgan fingerprint density at radius 1 is 1.67 bits per heavy atom. The molecule has 1 aliphatic heterocycles. The van der Waals surface area contributed by atoms with Gasteiger partial charge in [0.05, 0.1) is 19.3 Å². The molecule has 1 N–H and O–H groups in total. The highest BCUT2D eigenvalue weighted by Gasteiger charge is 2.30. The molecule has 1 fully saturated rings. The van der Waals surface area contributed by atoms with Crippen molar-refractivity contribution in [3.63, 3.8) is 0 Å². The molecule has 1 rings (SSSR count). The average Bonchev–Trinajstić information content (AvgIpc) is 2.03. The van der Waals surface area contributed by atoms with Crippen LogP contribution in [-0.4, -0.2) is 31.6 Å². The van der Waals surface area contributed by atoms with Crippen molar-refractivity contribution in [2.75, 3.05) is 19.8 Å². The Labute approximate surface area is 73.5 Å². The number of morpholine rings is 1. The average molecular weight is 170 g/mol. The summed E-state index contributed by atoms with van der Waals surface area (Å²) in [6.07, 6.45) is 0. The van der Waals surface area contributed by atoms with Crippen molar-refractivity contribution in [3.8, 4) is 0 Å². The molecule has 0 aliphatic carbocycles. The predicted octanol–water partition coefficient (Wildman–Crippen LogP) is 0.404. The fourth-order valence-electron chi connectivity index (χ4n) is 1.21. The SMILES string of the molecule is [CH2]C(C)(C)C(=O)C1COCCN1. The van der Waals surface area contributed by atoms with E-state index in [0.717, 1.165) is 6.54 Å². The van der Waals surface area contributed by atoms with Crippen molar-refractivity contribution in [2.24, 2.45) is 5.41 Å². The minimum Gasteiger partial charge on any atom is -0.378 e. The summed E-state index contributed by atoms with van der Waals surface area (Å²) in [7, 11) is 0. The van der Waals surface area contributed by atoms with Crippen LogP contribution in [0.1, 0.15) is 13.8 Å². The second kappa shape index (κ2) is 3.54. The Morgan fingerprint density at radius 3 is 2.75 bits per heavy atom. The maximum absolute atomic E-state index is 11.6. The molecule has 0 spiro atoms. The number of hydrogen-bond acceptors (Lipinski definition) is 3. The van der Waals surface area contributed by atoms with Crippen molar-refractivity contribution in [3.05, 3.63) is 6.92 Å². The van der Waals surface area contributed by atoms with E-state index in [1.54, 1.807) is 0 Å². The first-order valence-electron chi connectivity index (χ1n) is 4.22. The Kier molecular flexibility index (Phi) is 2.85. The highest BCUT2D eigenvalue weighted by atomic mass is 16.5. The summed E-state index contributed by atoms with van der Waals surface area (Å²) in [5, 5.41) is 3.11. The molecular weight excluding hydrogens is 154 g/mol. The third-order valence-electron chi connectivity index (χ3n) is 1.91. The summed E-state index contributed by atoms with van der Waals surface area (Å²) >= 11 is 0. The molecule has 3 heteroatoms. The van der Waals surface area contributed by atoms with E-state index < -0.39 is 5.41 Å². The molecule has 0 saturated carbocycles. The fourth-order valence-corrected chi connectivity index (χ4v) is 1.21. The normalized spacial score (nSPS) is 25.4. The number of hydrogen-bond donors (Lipinski definition) is 1. The number of rotatable bonds is 2. The summed E-state index contributed by atoms with van der Waals surface area (Å²) < 4.78 is 5.19. The van der Waals surface area contributed by atoms with Crippen molar-refractivity contribution in [2.45, 2.75) is 19.9 Å². The lowest BCUT2D eigenvalue weighted by atomic mass is 9.86. The number of nitrogens with one attached hydrogen (secondary N) is 1. The summed E-state index contributed by atoms with van der Waals surface area (Å²) in [6, 6.07) is -0.161. The van der Waals surface area contributed by atoms with Gasteiger partial charge >= 0.3 is 0 Å². The van der Waals surface area contributed by atoms with Crippen LogP contribution < -0.4 is 5.32 Å². The second-order valence-electron chi connectivity index (χ2n) is 3.83. The molecule has 1 radical (unpaired) electrons. The zero-order valence-electron chi connectivity index (χ0n) is 7.72. The van der Waals surface area contributed by atoms with Gasteiger partial charge in [0.25, 0.3) is 0 Å². The number of Topliss-reactive ketones (excluding diaryl/α,β-unsaturated/α-hetero) is 1. The molecule has 3 nitrogen and oxygen atoms in total. The molecule has 1 heterocycles. The van der Waals surface area contributed by atoms with Crippen LogP contribution in [-0.2, 0) is 9.53 Å². The summed E-state index contributed by atoms with van der Waals surface area (Å²) in [5.74, 6) is 0.127. The van der Waals surface area contributed by atoms with Gasteiger partial charge in [-0.25, -0.2) is 0 Å². The van der Waals surface area contributed by atoms with Gasteiger partial charge in [-0.05, 0) is 6.92 Å². The first-order chi connectivity index (χ1) is 5.52. The van der Waals surface area contributed by atoms with Gasteiger partial charge in [-0.1, -0.05) is 13.8 Å². The molecule has 1 unspecified atom stereocenters. The van der Waals surface area contributed by atoms with E-state index in [1.165, 1.54) is 0 Å². The highest BCUT2D eigenvalue weighted by Crippen LogP contribution is 2.17. The maximum Gasteiger partial charge on any atom is 0.157 e. The van der Waals surface area contributed by atoms with Crippen LogP contribution in [0.25, 0.3) is 0 Å². The number of ketones is 1. The number of carbonyl (C=O) groups excluding carboxylic acids is 1. The van der Waals surface area contributed by atoms with Gasteiger partial charge < -0.3 is 10.1 Å². The molecule has 69 valence electrons. The minimum absolute atomic E-state index is 0.127. The predicted molar refractivity (Wildman–Crippen MR) is 46.8 cm³/mol. The van der Waals surface area contributed by atoms with Gasteiger partial charge in [0.15, 0.2) is 5.78 Å². The van der Waals surface area contributed by atoms with Crippen molar-refractivity contribution in [1.82, 2.24) is 5.32 Å². The van der Waals surface area contributed by atoms with E-state index in [1.807, 2.05) is 13.8 Å². The quantitative estimate of drug-likeness (QED) is 0.652. The van der Waals surface area contributed by atoms with Gasteiger partial charge in [0.2, 0.25) is 0 Å². The second-order valence-corrected chi connectivity index (χ2v) is 3.83. The standard InChI is InChI=1S/C9H16NO2/c1-9(2,3)8(11)7-6-12-5-4-10-7/h7,10H,1,4-6H2,2-3H3. The van der Waals surface area contributed by atoms with Crippen LogP contribution in [0.4, 0.5) is 0 Å². The molecule has 1 atom stereocenters. The monoisotopic (exact) mass is 170 g/mol. The zero-order chi connectivity index (χ0) is 9.19. The molecule has 1 saturated heterocycles. The lowest BCUT2D eigenvalue weighted by molar-refractivity contribution is -0.130. The Bertz CT molecular complexity index is 166. The van der Waals surface area contributed by atoms with Gasteiger partial charge in [0, 0.05) is 12.0 Å². The van der Waals surface area contributed by atoms with Gasteiger partial charge in [-0.2, -0.15) is 0 Å². The molecule has 1 aliphatic rings. The van der Waals surface area contributed by atoms with Gasteiger partial charge in [-0.15, -0.1) is 0 Å². The van der Waals surface area contributed by atoms with E-state index in [0.29, 0.717) is 13.2 Å². The van der Waals surface area contributed by atoms with E-state index in [2.05, 4.69) is 12.2 Å². The zero-order valence-corrected chi connectivity index (χ0v) is 7.72. The van der Waals surface area contributed by atoms with E-state index in [4.69, 9.17) is 4.74 Å². The number of ether oxygens (including phenoxy) is 1. The topological polar surface area (TPSA) is 38.3 Å². The molecule has 0 aromatic carbocycles. The third-order valence-corrected chi connectivity index (χ3v) is 1.91. The smallest absolute Gasteiger partial charge is 0.157 e. The van der Waals surface area contributed by atoms with Crippen LogP contribution in [0.3, 0.4) is 0 Å². The van der Waals surface area contributed by atoms with Crippen LogP contribution in [0, 0.1) is 12.3 Å². The summed E-state index contributed by atoms with van der Waals surface area (Å²) in [5.41, 5.74) is -0.516. The van der Waals surface area contributed by atoms with E-state index in [9.17, 15) is 4.79 Å². The molecule has 0 bridgehead atoms. The van der Waals surface area contributed by atoms with Crippen molar-refractivity contribution < 1.29 is 9.53 Å². The largest absolute Gasteiger partial charge is 0.378 e. The van der Waals surface area contributed by atoms with Gasteiger partial charge in [0.1, 0.15) is 0 Å². The van der Waals surface area contributed by atoms with Crippen molar-refractivity contribution >= 4 is 5.78 Å². The Hall–Kier alpha value is -0.410.